The molecule has 54 valence electrons. The zero-order valence-electron chi connectivity index (χ0n) is 6.42. The molecule has 1 heterocycles. The molecule has 0 radical (unpaired) electrons. The Morgan fingerprint density at radius 2 is 2.22 bits per heavy atom. The molecule has 1 saturated heterocycles. The summed E-state index contributed by atoms with van der Waals surface area (Å²) in [5, 5.41) is 0.782. The fraction of sp³-hybridized carbons (Fsp3) is 1.00. The lowest BCUT2D eigenvalue weighted by molar-refractivity contribution is 0.299. The minimum absolute atomic E-state index is 0.782. The van der Waals surface area contributed by atoms with Crippen LogP contribution in [0.4, 0.5) is 0 Å². The van der Waals surface area contributed by atoms with Crippen LogP contribution in [0.25, 0.3) is 0 Å². The lowest BCUT2D eigenvalue weighted by Crippen LogP contribution is -2.27. The molecule has 0 bridgehead atoms. The summed E-state index contributed by atoms with van der Waals surface area (Å²) in [6.45, 7) is 5.85. The summed E-state index contributed by atoms with van der Waals surface area (Å²) in [4.78, 5) is 2.44. The minimum atomic E-state index is 0.782. The van der Waals surface area contributed by atoms with E-state index in [4.69, 9.17) is 0 Å². The van der Waals surface area contributed by atoms with E-state index in [0.29, 0.717) is 0 Å². The Kier molecular flexibility index (Phi) is 2.42. The molecule has 1 unspecified atom stereocenters. The average molecular weight is 145 g/mol. The fourth-order valence-corrected chi connectivity index (χ4v) is 2.65. The van der Waals surface area contributed by atoms with Gasteiger partial charge in [0.15, 0.2) is 0 Å². The Morgan fingerprint density at radius 3 is 2.44 bits per heavy atom. The zero-order valence-corrected chi connectivity index (χ0v) is 7.24. The Balaban J connectivity index is 2.40. The van der Waals surface area contributed by atoms with E-state index in [1.54, 1.807) is 0 Å². The van der Waals surface area contributed by atoms with Gasteiger partial charge in [0, 0.05) is 12.3 Å². The largest absolute Gasteiger partial charge is 0.294 e. The number of thioether (sulfide) groups is 1. The van der Waals surface area contributed by atoms with Crippen LogP contribution in [-0.4, -0.2) is 29.6 Å². The van der Waals surface area contributed by atoms with Gasteiger partial charge in [0.1, 0.15) is 0 Å². The van der Waals surface area contributed by atoms with Gasteiger partial charge in [0.2, 0.25) is 0 Å². The summed E-state index contributed by atoms with van der Waals surface area (Å²) in [5.41, 5.74) is 0. The van der Waals surface area contributed by atoms with E-state index in [1.807, 2.05) is 0 Å². The van der Waals surface area contributed by atoms with Crippen molar-refractivity contribution in [2.24, 2.45) is 5.92 Å². The van der Waals surface area contributed by atoms with Crippen molar-refractivity contribution in [3.05, 3.63) is 0 Å². The zero-order chi connectivity index (χ0) is 6.85. The summed E-state index contributed by atoms with van der Waals surface area (Å²) >= 11 is 2.08. The van der Waals surface area contributed by atoms with Gasteiger partial charge in [-0.3, -0.25) is 4.90 Å². The first-order valence-corrected chi connectivity index (χ1v) is 4.58. The van der Waals surface area contributed by atoms with Gasteiger partial charge in [0.05, 0.1) is 5.37 Å². The highest BCUT2D eigenvalue weighted by Gasteiger charge is 2.23. The number of nitrogens with zero attached hydrogens (tertiary/aromatic N) is 1. The molecule has 1 rings (SSSR count). The van der Waals surface area contributed by atoms with Crippen LogP contribution in [0, 0.1) is 5.92 Å². The van der Waals surface area contributed by atoms with Gasteiger partial charge in [-0.15, -0.1) is 11.8 Å². The maximum Gasteiger partial charge on any atom is 0.0578 e. The number of rotatable bonds is 1. The highest BCUT2D eigenvalue weighted by molar-refractivity contribution is 8.00. The smallest absolute Gasteiger partial charge is 0.0578 e. The Hall–Kier alpha value is 0.310. The van der Waals surface area contributed by atoms with E-state index in [1.165, 1.54) is 12.3 Å². The maximum atomic E-state index is 2.44. The van der Waals surface area contributed by atoms with Crippen LogP contribution in [0.1, 0.15) is 13.8 Å². The Bertz CT molecular complexity index is 92.9. The van der Waals surface area contributed by atoms with Crippen LogP contribution in [0.2, 0.25) is 0 Å². The van der Waals surface area contributed by atoms with Crippen molar-refractivity contribution in [3.63, 3.8) is 0 Å². The molecule has 9 heavy (non-hydrogen) atoms. The molecular weight excluding hydrogens is 130 g/mol. The molecule has 0 aromatic carbocycles. The molecule has 1 atom stereocenters. The van der Waals surface area contributed by atoms with Crippen molar-refractivity contribution in [1.82, 2.24) is 4.90 Å². The standard InChI is InChI=1S/C7H15NS/c1-6(2)7-8(3)4-5-9-7/h6-7H,4-5H2,1-3H3. The average Bonchev–Trinajstić information content (AvgIpc) is 2.13. The lowest BCUT2D eigenvalue weighted by atomic mass is 10.2. The third-order valence-electron chi connectivity index (χ3n) is 1.74. The monoisotopic (exact) mass is 145 g/mol. The molecule has 0 aromatic heterocycles. The van der Waals surface area contributed by atoms with Gasteiger partial charge in [-0.05, 0) is 13.0 Å². The third-order valence-corrected chi connectivity index (χ3v) is 3.40. The predicted octanol–water partition coefficient (Wildman–Crippen LogP) is 1.65. The van der Waals surface area contributed by atoms with Crippen molar-refractivity contribution < 1.29 is 0 Å². The molecule has 0 aromatic rings. The van der Waals surface area contributed by atoms with Crippen LogP contribution in [0.3, 0.4) is 0 Å². The molecule has 1 aliphatic rings. The molecule has 0 amide bonds. The summed E-state index contributed by atoms with van der Waals surface area (Å²) in [7, 11) is 2.21. The molecule has 1 nitrogen and oxygen atoms in total. The van der Waals surface area contributed by atoms with Crippen LogP contribution in [0.15, 0.2) is 0 Å². The van der Waals surface area contributed by atoms with Crippen LogP contribution < -0.4 is 0 Å². The summed E-state index contributed by atoms with van der Waals surface area (Å²) in [5.74, 6) is 2.13. The van der Waals surface area contributed by atoms with Crippen molar-refractivity contribution in [2.45, 2.75) is 19.2 Å². The first kappa shape index (κ1) is 7.42. The Morgan fingerprint density at radius 1 is 1.56 bits per heavy atom. The molecule has 2 heteroatoms. The number of hydrogen-bond acceptors (Lipinski definition) is 2. The lowest BCUT2D eigenvalue weighted by Gasteiger charge is -2.21. The van der Waals surface area contributed by atoms with E-state index in [0.717, 1.165) is 11.3 Å². The summed E-state index contributed by atoms with van der Waals surface area (Å²) in [6.07, 6.45) is 0. The predicted molar refractivity (Wildman–Crippen MR) is 43.7 cm³/mol. The second-order valence-corrected chi connectivity index (χ2v) is 4.21. The topological polar surface area (TPSA) is 3.24 Å². The summed E-state index contributed by atoms with van der Waals surface area (Å²) in [6, 6.07) is 0. The van der Waals surface area contributed by atoms with E-state index in [2.05, 4.69) is 37.6 Å². The molecule has 0 N–H and O–H groups in total. The van der Waals surface area contributed by atoms with Crippen LogP contribution in [-0.2, 0) is 0 Å². The first-order valence-electron chi connectivity index (χ1n) is 3.53. The van der Waals surface area contributed by atoms with Gasteiger partial charge in [-0.25, -0.2) is 0 Å². The van der Waals surface area contributed by atoms with Gasteiger partial charge in [-0.2, -0.15) is 0 Å². The van der Waals surface area contributed by atoms with Crippen LogP contribution >= 0.6 is 11.8 Å². The molecule has 1 aliphatic heterocycles. The fourth-order valence-electron chi connectivity index (χ4n) is 1.27. The highest BCUT2D eigenvalue weighted by atomic mass is 32.2. The first-order chi connectivity index (χ1) is 4.22. The molecular formula is C7H15NS. The van der Waals surface area contributed by atoms with Crippen molar-refractivity contribution in [2.75, 3.05) is 19.3 Å². The SMILES string of the molecule is CC(C)C1SCCN1C. The van der Waals surface area contributed by atoms with Crippen molar-refractivity contribution >= 4 is 11.8 Å². The van der Waals surface area contributed by atoms with E-state index < -0.39 is 0 Å². The van der Waals surface area contributed by atoms with Crippen molar-refractivity contribution in [1.29, 1.82) is 0 Å². The van der Waals surface area contributed by atoms with E-state index in [-0.39, 0.29) is 0 Å². The third kappa shape index (κ3) is 1.62. The van der Waals surface area contributed by atoms with E-state index in [9.17, 15) is 0 Å². The van der Waals surface area contributed by atoms with Gasteiger partial charge < -0.3 is 0 Å². The van der Waals surface area contributed by atoms with Gasteiger partial charge >= 0.3 is 0 Å². The van der Waals surface area contributed by atoms with Crippen molar-refractivity contribution in [3.8, 4) is 0 Å². The molecule has 0 aliphatic carbocycles. The van der Waals surface area contributed by atoms with Gasteiger partial charge in [0.25, 0.3) is 0 Å². The number of hydrogen-bond donors (Lipinski definition) is 0. The molecule has 1 fully saturated rings. The van der Waals surface area contributed by atoms with Gasteiger partial charge in [-0.1, -0.05) is 13.8 Å². The van der Waals surface area contributed by atoms with E-state index >= 15 is 0 Å². The second kappa shape index (κ2) is 2.93. The quantitative estimate of drug-likeness (QED) is 0.552. The second-order valence-electron chi connectivity index (χ2n) is 2.99. The normalized spacial score (nSPS) is 30.0. The van der Waals surface area contributed by atoms with Crippen LogP contribution in [0.5, 0.6) is 0 Å². The maximum absolute atomic E-state index is 2.44. The Labute approximate surface area is 61.8 Å². The molecule has 0 saturated carbocycles. The summed E-state index contributed by atoms with van der Waals surface area (Å²) < 4.78 is 0. The molecule has 0 spiro atoms. The highest BCUT2D eigenvalue weighted by Crippen LogP contribution is 2.27. The minimum Gasteiger partial charge on any atom is -0.294 e.